The molecule has 0 saturated carbocycles. The summed E-state index contributed by atoms with van der Waals surface area (Å²) in [6.45, 7) is 2.62. The van der Waals surface area contributed by atoms with Crippen molar-refractivity contribution >= 4 is 17.4 Å². The lowest BCUT2D eigenvalue weighted by Crippen LogP contribution is -2.39. The summed E-state index contributed by atoms with van der Waals surface area (Å²) in [7, 11) is 0. The van der Waals surface area contributed by atoms with E-state index >= 15 is 0 Å². The van der Waals surface area contributed by atoms with Gasteiger partial charge >= 0.3 is 0 Å². The predicted molar refractivity (Wildman–Crippen MR) is 65.6 cm³/mol. The third kappa shape index (κ3) is 2.94. The van der Waals surface area contributed by atoms with Crippen LogP contribution in [0.1, 0.15) is 17.3 Å². The molecule has 1 heterocycles. The van der Waals surface area contributed by atoms with E-state index < -0.39 is 6.10 Å². The van der Waals surface area contributed by atoms with Gasteiger partial charge in [0.1, 0.15) is 0 Å². The molecule has 0 aliphatic carbocycles. The van der Waals surface area contributed by atoms with Crippen molar-refractivity contribution in [1.82, 2.24) is 0 Å². The quantitative estimate of drug-likeness (QED) is 0.819. The summed E-state index contributed by atoms with van der Waals surface area (Å²) in [5.74, 6) is -0.380. The molecule has 0 radical (unpaired) electrons. The summed E-state index contributed by atoms with van der Waals surface area (Å²) in [6, 6.07) is 6.89. The SMILES string of the molecule is CC(=O)c1ccccc1NC(=O)C1COCCO1. The van der Waals surface area contributed by atoms with E-state index in [1.165, 1.54) is 6.92 Å². The number of rotatable bonds is 3. The largest absolute Gasteiger partial charge is 0.376 e. The molecule has 5 nitrogen and oxygen atoms in total. The van der Waals surface area contributed by atoms with Crippen LogP contribution >= 0.6 is 0 Å². The van der Waals surface area contributed by atoms with Gasteiger partial charge in [0.25, 0.3) is 5.91 Å². The molecular formula is C13H15NO4. The zero-order valence-corrected chi connectivity index (χ0v) is 10.1. The molecule has 1 aromatic carbocycles. The van der Waals surface area contributed by atoms with Crippen LogP contribution < -0.4 is 5.32 Å². The molecule has 1 amide bonds. The maximum Gasteiger partial charge on any atom is 0.255 e. The molecule has 1 aromatic rings. The van der Waals surface area contributed by atoms with Crippen LogP contribution in [0.4, 0.5) is 5.69 Å². The van der Waals surface area contributed by atoms with Gasteiger partial charge in [0.2, 0.25) is 0 Å². The molecule has 1 atom stereocenters. The number of anilines is 1. The molecule has 2 rings (SSSR count). The van der Waals surface area contributed by atoms with Crippen LogP contribution in [0.2, 0.25) is 0 Å². The van der Waals surface area contributed by atoms with Crippen LogP contribution in [0.5, 0.6) is 0 Å². The van der Waals surface area contributed by atoms with E-state index in [9.17, 15) is 9.59 Å². The van der Waals surface area contributed by atoms with Crippen LogP contribution in [0.15, 0.2) is 24.3 Å². The molecular weight excluding hydrogens is 234 g/mol. The van der Waals surface area contributed by atoms with Crippen molar-refractivity contribution in [3.05, 3.63) is 29.8 Å². The number of ketones is 1. The fraction of sp³-hybridized carbons (Fsp3) is 0.385. The highest BCUT2D eigenvalue weighted by Crippen LogP contribution is 2.16. The number of carbonyl (C=O) groups excluding carboxylic acids is 2. The van der Waals surface area contributed by atoms with Crippen molar-refractivity contribution in [2.75, 3.05) is 25.1 Å². The lowest BCUT2D eigenvalue weighted by Gasteiger charge is -2.22. The van der Waals surface area contributed by atoms with Crippen molar-refractivity contribution in [1.29, 1.82) is 0 Å². The minimum Gasteiger partial charge on any atom is -0.376 e. The van der Waals surface area contributed by atoms with Gasteiger partial charge in [0, 0.05) is 5.56 Å². The van der Waals surface area contributed by atoms with Crippen LogP contribution in [-0.4, -0.2) is 37.6 Å². The third-order valence-corrected chi connectivity index (χ3v) is 2.67. The van der Waals surface area contributed by atoms with Gasteiger partial charge in [-0.15, -0.1) is 0 Å². The maximum atomic E-state index is 11.9. The Bertz CT molecular complexity index is 452. The molecule has 1 aliphatic rings. The summed E-state index contributed by atoms with van der Waals surface area (Å²) in [4.78, 5) is 23.3. The van der Waals surface area contributed by atoms with Crippen LogP contribution in [0.3, 0.4) is 0 Å². The number of hydrogen-bond donors (Lipinski definition) is 1. The van der Waals surface area contributed by atoms with E-state index in [0.29, 0.717) is 24.5 Å². The molecule has 96 valence electrons. The first-order valence-electron chi connectivity index (χ1n) is 5.78. The summed E-state index contributed by atoms with van der Waals surface area (Å²) in [6.07, 6.45) is -0.612. The molecule has 1 N–H and O–H groups in total. The van der Waals surface area contributed by atoms with Gasteiger partial charge in [0.15, 0.2) is 11.9 Å². The first-order chi connectivity index (χ1) is 8.68. The second-order valence-electron chi connectivity index (χ2n) is 4.03. The van der Waals surface area contributed by atoms with Crippen molar-refractivity contribution in [3.8, 4) is 0 Å². The predicted octanol–water partition coefficient (Wildman–Crippen LogP) is 1.24. The average Bonchev–Trinajstić information content (AvgIpc) is 2.40. The van der Waals surface area contributed by atoms with Gasteiger partial charge in [-0.3, -0.25) is 9.59 Å². The van der Waals surface area contributed by atoms with E-state index in [1.54, 1.807) is 24.3 Å². The average molecular weight is 249 g/mol. The molecule has 1 aliphatic heterocycles. The minimum atomic E-state index is -0.612. The van der Waals surface area contributed by atoms with Gasteiger partial charge in [-0.1, -0.05) is 12.1 Å². The molecule has 18 heavy (non-hydrogen) atoms. The van der Waals surface area contributed by atoms with Gasteiger partial charge < -0.3 is 14.8 Å². The second kappa shape index (κ2) is 5.75. The molecule has 0 bridgehead atoms. The van der Waals surface area contributed by atoms with Crippen LogP contribution in [0, 0.1) is 0 Å². The lowest BCUT2D eigenvalue weighted by atomic mass is 10.1. The second-order valence-corrected chi connectivity index (χ2v) is 4.03. The Morgan fingerprint density at radius 1 is 1.28 bits per heavy atom. The summed E-state index contributed by atoms with van der Waals surface area (Å²) in [5.41, 5.74) is 0.992. The maximum absolute atomic E-state index is 11.9. The molecule has 0 spiro atoms. The standard InChI is InChI=1S/C13H15NO4/c1-9(15)10-4-2-3-5-11(10)14-13(16)12-8-17-6-7-18-12/h2-5,12H,6-8H2,1H3,(H,14,16). The Hall–Kier alpha value is -1.72. The number of benzene rings is 1. The third-order valence-electron chi connectivity index (χ3n) is 2.67. The fourth-order valence-corrected chi connectivity index (χ4v) is 1.75. The molecule has 5 heteroatoms. The van der Waals surface area contributed by atoms with Crippen LogP contribution in [-0.2, 0) is 14.3 Å². The number of amides is 1. The normalized spacial score (nSPS) is 19.3. The van der Waals surface area contributed by atoms with E-state index in [1.807, 2.05) is 0 Å². The van der Waals surface area contributed by atoms with Crippen molar-refractivity contribution in [2.24, 2.45) is 0 Å². The van der Waals surface area contributed by atoms with Gasteiger partial charge in [-0.2, -0.15) is 0 Å². The number of nitrogens with one attached hydrogen (secondary N) is 1. The highest BCUT2D eigenvalue weighted by Gasteiger charge is 2.23. The summed E-state index contributed by atoms with van der Waals surface area (Å²) >= 11 is 0. The highest BCUT2D eigenvalue weighted by atomic mass is 16.6. The van der Waals surface area contributed by atoms with Gasteiger partial charge in [-0.25, -0.2) is 0 Å². The highest BCUT2D eigenvalue weighted by molar-refractivity contribution is 6.04. The van der Waals surface area contributed by atoms with E-state index in [0.717, 1.165) is 0 Å². The Morgan fingerprint density at radius 2 is 2.06 bits per heavy atom. The fourth-order valence-electron chi connectivity index (χ4n) is 1.75. The zero-order chi connectivity index (χ0) is 13.0. The van der Waals surface area contributed by atoms with Crippen LogP contribution in [0.25, 0.3) is 0 Å². The van der Waals surface area contributed by atoms with Crippen molar-refractivity contribution in [2.45, 2.75) is 13.0 Å². The zero-order valence-electron chi connectivity index (χ0n) is 10.1. The Morgan fingerprint density at radius 3 is 2.72 bits per heavy atom. The first-order valence-corrected chi connectivity index (χ1v) is 5.78. The topological polar surface area (TPSA) is 64.6 Å². The van der Waals surface area contributed by atoms with Crippen molar-refractivity contribution < 1.29 is 19.1 Å². The van der Waals surface area contributed by atoms with Gasteiger partial charge in [-0.05, 0) is 19.1 Å². The summed E-state index contributed by atoms with van der Waals surface area (Å²) < 4.78 is 10.5. The van der Waals surface area contributed by atoms with Crippen molar-refractivity contribution in [3.63, 3.8) is 0 Å². The van der Waals surface area contributed by atoms with Gasteiger partial charge in [0.05, 0.1) is 25.5 Å². The lowest BCUT2D eigenvalue weighted by molar-refractivity contribution is -0.142. The Balaban J connectivity index is 2.08. The number of ether oxygens (including phenoxy) is 2. The number of carbonyl (C=O) groups is 2. The number of Topliss-reactive ketones (excluding diaryl/α,β-unsaturated/α-hetero) is 1. The number of para-hydroxylation sites is 1. The monoisotopic (exact) mass is 249 g/mol. The smallest absolute Gasteiger partial charge is 0.255 e. The first kappa shape index (κ1) is 12.7. The molecule has 0 aromatic heterocycles. The molecule has 1 fully saturated rings. The Labute approximate surface area is 105 Å². The van der Waals surface area contributed by atoms with E-state index in [4.69, 9.17) is 9.47 Å². The Kier molecular flexibility index (Phi) is 4.07. The molecule has 1 saturated heterocycles. The molecule has 1 unspecified atom stereocenters. The van der Waals surface area contributed by atoms with E-state index in [2.05, 4.69) is 5.32 Å². The minimum absolute atomic E-state index is 0.0910. The van der Waals surface area contributed by atoms with E-state index in [-0.39, 0.29) is 18.3 Å². The summed E-state index contributed by atoms with van der Waals surface area (Å²) in [5, 5.41) is 2.70. The number of hydrogen-bond acceptors (Lipinski definition) is 4.